The molecule has 0 atom stereocenters. The monoisotopic (exact) mass is 342 g/mol. The van der Waals surface area contributed by atoms with Crippen LogP contribution in [0.3, 0.4) is 0 Å². The molecule has 1 aromatic carbocycles. The van der Waals surface area contributed by atoms with E-state index < -0.39 is 0 Å². The van der Waals surface area contributed by atoms with Crippen LogP contribution < -0.4 is 14.8 Å². The zero-order valence-electron chi connectivity index (χ0n) is 12.2. The molecule has 0 radical (unpaired) electrons. The number of halogens is 1. The zero-order valence-corrected chi connectivity index (χ0v) is 13.8. The fraction of sp³-hybridized carbons (Fsp3) is 0.600. The highest BCUT2D eigenvalue weighted by molar-refractivity contribution is 9.10. The van der Waals surface area contributed by atoms with E-state index >= 15 is 0 Å². The second kappa shape index (κ2) is 7.86. The molecule has 1 aromatic rings. The summed E-state index contributed by atoms with van der Waals surface area (Å²) in [6, 6.07) is 4.18. The average Bonchev–Trinajstić information content (AvgIpc) is 2.63. The van der Waals surface area contributed by atoms with Crippen molar-refractivity contribution in [3.8, 4) is 11.5 Å². The number of rotatable bonds is 6. The van der Waals surface area contributed by atoms with Crippen LogP contribution in [-0.2, 0) is 6.54 Å². The first-order chi connectivity index (χ1) is 9.66. The van der Waals surface area contributed by atoms with Gasteiger partial charge < -0.3 is 19.7 Å². The van der Waals surface area contributed by atoms with Crippen LogP contribution >= 0.6 is 15.9 Å². The van der Waals surface area contributed by atoms with Gasteiger partial charge in [-0.2, -0.15) is 0 Å². The van der Waals surface area contributed by atoms with E-state index in [1.807, 2.05) is 0 Å². The van der Waals surface area contributed by atoms with Gasteiger partial charge in [-0.1, -0.05) is 0 Å². The quantitative estimate of drug-likeness (QED) is 0.806. The third-order valence-electron chi connectivity index (χ3n) is 3.15. The second-order valence-electron chi connectivity index (χ2n) is 5.29. The molecule has 1 N–H and O–H groups in total. The van der Waals surface area contributed by atoms with Crippen LogP contribution in [0.4, 0.5) is 0 Å². The molecule has 5 heteroatoms. The van der Waals surface area contributed by atoms with Crippen LogP contribution in [0, 0.1) is 0 Å². The topological polar surface area (TPSA) is 33.7 Å². The third-order valence-corrected chi connectivity index (χ3v) is 3.74. The first-order valence-electron chi connectivity index (χ1n) is 7.10. The van der Waals surface area contributed by atoms with E-state index in [-0.39, 0.29) is 0 Å². The Kier molecular flexibility index (Phi) is 6.13. The molecule has 0 bridgehead atoms. The minimum absolute atomic E-state index is 0.716. The number of hydrogen-bond donors (Lipinski definition) is 1. The Hall–Kier alpha value is -0.780. The van der Waals surface area contributed by atoms with Crippen molar-refractivity contribution in [2.24, 2.45) is 0 Å². The highest BCUT2D eigenvalue weighted by Gasteiger charge is 2.14. The SMILES string of the molecule is CN(C)CCCNCc1cc(Br)c2c(c1)OCCCO2. The number of nitrogens with zero attached hydrogens (tertiary/aromatic N) is 1. The maximum Gasteiger partial charge on any atom is 0.175 e. The minimum atomic E-state index is 0.716. The van der Waals surface area contributed by atoms with E-state index in [9.17, 15) is 0 Å². The van der Waals surface area contributed by atoms with Gasteiger partial charge in [0.05, 0.1) is 17.7 Å². The van der Waals surface area contributed by atoms with E-state index in [0.717, 1.165) is 55.1 Å². The van der Waals surface area contributed by atoms with Crippen molar-refractivity contribution in [1.82, 2.24) is 10.2 Å². The molecule has 0 spiro atoms. The van der Waals surface area contributed by atoms with Crippen molar-refractivity contribution in [1.29, 1.82) is 0 Å². The Morgan fingerprint density at radius 3 is 2.85 bits per heavy atom. The molecular weight excluding hydrogens is 320 g/mol. The molecule has 0 amide bonds. The summed E-state index contributed by atoms with van der Waals surface area (Å²) >= 11 is 3.57. The van der Waals surface area contributed by atoms with Gasteiger partial charge in [0.1, 0.15) is 0 Å². The van der Waals surface area contributed by atoms with Gasteiger partial charge in [0.15, 0.2) is 11.5 Å². The van der Waals surface area contributed by atoms with E-state index in [1.54, 1.807) is 0 Å². The number of ether oxygens (including phenoxy) is 2. The largest absolute Gasteiger partial charge is 0.490 e. The van der Waals surface area contributed by atoms with Gasteiger partial charge in [0, 0.05) is 13.0 Å². The Bertz CT molecular complexity index is 438. The number of hydrogen-bond acceptors (Lipinski definition) is 4. The molecule has 0 saturated carbocycles. The number of benzene rings is 1. The van der Waals surface area contributed by atoms with Crippen molar-refractivity contribution in [3.05, 3.63) is 22.2 Å². The molecule has 1 aliphatic heterocycles. The molecule has 1 aliphatic rings. The van der Waals surface area contributed by atoms with Gasteiger partial charge in [-0.05, 0) is 67.2 Å². The van der Waals surface area contributed by atoms with E-state index in [4.69, 9.17) is 9.47 Å². The molecule has 0 fully saturated rings. The second-order valence-corrected chi connectivity index (χ2v) is 6.14. The van der Waals surface area contributed by atoms with E-state index in [1.165, 1.54) is 5.56 Å². The molecule has 20 heavy (non-hydrogen) atoms. The molecule has 0 unspecified atom stereocenters. The van der Waals surface area contributed by atoms with Crippen LogP contribution in [0.25, 0.3) is 0 Å². The number of fused-ring (bicyclic) bond motifs is 1. The molecule has 112 valence electrons. The van der Waals surface area contributed by atoms with Crippen LogP contribution in [0.1, 0.15) is 18.4 Å². The summed E-state index contributed by atoms with van der Waals surface area (Å²) in [4.78, 5) is 2.20. The van der Waals surface area contributed by atoms with Crippen molar-refractivity contribution in [2.75, 3.05) is 40.4 Å². The highest BCUT2D eigenvalue weighted by Crippen LogP contribution is 2.38. The molecular formula is C15H23BrN2O2. The normalized spacial score (nSPS) is 14.4. The molecule has 0 saturated heterocycles. The lowest BCUT2D eigenvalue weighted by atomic mass is 10.2. The van der Waals surface area contributed by atoms with Gasteiger partial charge >= 0.3 is 0 Å². The maximum absolute atomic E-state index is 5.74. The molecule has 1 heterocycles. The Morgan fingerprint density at radius 2 is 2.05 bits per heavy atom. The first-order valence-corrected chi connectivity index (χ1v) is 7.89. The smallest absolute Gasteiger partial charge is 0.175 e. The van der Waals surface area contributed by atoms with E-state index in [2.05, 4.69) is 52.4 Å². The van der Waals surface area contributed by atoms with Crippen molar-refractivity contribution < 1.29 is 9.47 Å². The summed E-state index contributed by atoms with van der Waals surface area (Å²) in [7, 11) is 4.20. The number of nitrogens with one attached hydrogen (secondary N) is 1. The standard InChI is InChI=1S/C15H23BrN2O2/c1-18(2)6-3-5-17-11-12-9-13(16)15-14(10-12)19-7-4-8-20-15/h9-10,17H,3-8,11H2,1-2H3. The fourth-order valence-corrected chi connectivity index (χ4v) is 2.74. The predicted molar refractivity (Wildman–Crippen MR) is 84.6 cm³/mol. The maximum atomic E-state index is 5.74. The van der Waals surface area contributed by atoms with Crippen LogP contribution in [0.5, 0.6) is 11.5 Å². The van der Waals surface area contributed by atoms with Crippen LogP contribution in [-0.4, -0.2) is 45.3 Å². The van der Waals surface area contributed by atoms with Crippen LogP contribution in [0.2, 0.25) is 0 Å². The van der Waals surface area contributed by atoms with Crippen molar-refractivity contribution in [2.45, 2.75) is 19.4 Å². The molecule has 0 aliphatic carbocycles. The Balaban J connectivity index is 1.89. The lowest BCUT2D eigenvalue weighted by Crippen LogP contribution is -2.21. The summed E-state index contributed by atoms with van der Waals surface area (Å²) in [5, 5.41) is 3.46. The van der Waals surface area contributed by atoms with Gasteiger partial charge in [-0.25, -0.2) is 0 Å². The molecule has 4 nitrogen and oxygen atoms in total. The van der Waals surface area contributed by atoms with Gasteiger partial charge in [0.2, 0.25) is 0 Å². The summed E-state index contributed by atoms with van der Waals surface area (Å²) in [6.45, 7) is 4.41. The summed E-state index contributed by atoms with van der Waals surface area (Å²) in [6.07, 6.45) is 2.08. The first kappa shape index (κ1) is 15.6. The third kappa shape index (κ3) is 4.65. The minimum Gasteiger partial charge on any atom is -0.490 e. The highest BCUT2D eigenvalue weighted by atomic mass is 79.9. The van der Waals surface area contributed by atoms with Gasteiger partial charge in [-0.3, -0.25) is 0 Å². The average molecular weight is 343 g/mol. The lowest BCUT2D eigenvalue weighted by molar-refractivity contribution is 0.296. The van der Waals surface area contributed by atoms with Gasteiger partial charge in [0.25, 0.3) is 0 Å². The summed E-state index contributed by atoms with van der Waals surface area (Å²) < 4.78 is 12.4. The molecule has 0 aromatic heterocycles. The lowest BCUT2D eigenvalue weighted by Gasteiger charge is -2.13. The van der Waals surface area contributed by atoms with Crippen LogP contribution in [0.15, 0.2) is 16.6 Å². The van der Waals surface area contributed by atoms with E-state index in [0.29, 0.717) is 6.61 Å². The Labute approximate surface area is 129 Å². The summed E-state index contributed by atoms with van der Waals surface area (Å²) in [5.74, 6) is 1.68. The molecule has 2 rings (SSSR count). The van der Waals surface area contributed by atoms with Crippen molar-refractivity contribution >= 4 is 15.9 Å². The van der Waals surface area contributed by atoms with Crippen molar-refractivity contribution in [3.63, 3.8) is 0 Å². The van der Waals surface area contributed by atoms with Gasteiger partial charge in [-0.15, -0.1) is 0 Å². The Morgan fingerprint density at radius 1 is 1.25 bits per heavy atom. The fourth-order valence-electron chi connectivity index (χ4n) is 2.14. The predicted octanol–water partition coefficient (Wildman–Crippen LogP) is 2.65. The zero-order chi connectivity index (χ0) is 14.4. The summed E-state index contributed by atoms with van der Waals surface area (Å²) in [5.41, 5.74) is 1.21.